The Hall–Kier alpha value is -2.17. The molecule has 5 nitrogen and oxygen atoms in total. The molecule has 15 heavy (non-hydrogen) atoms. The minimum Gasteiger partial charge on any atom is -0.367 e. The fourth-order valence-corrected chi connectivity index (χ4v) is 1.26. The average molecular weight is 201 g/mol. The summed E-state index contributed by atoms with van der Waals surface area (Å²) >= 11 is 0. The Morgan fingerprint density at radius 1 is 1.33 bits per heavy atom. The molecule has 0 aliphatic rings. The van der Waals surface area contributed by atoms with Gasteiger partial charge in [-0.15, -0.1) is 0 Å². The monoisotopic (exact) mass is 201 g/mol. The van der Waals surface area contributed by atoms with Crippen molar-refractivity contribution in [3.05, 3.63) is 42.0 Å². The molecule has 76 valence electrons. The van der Waals surface area contributed by atoms with Gasteiger partial charge in [0.1, 0.15) is 0 Å². The summed E-state index contributed by atoms with van der Waals surface area (Å²) < 4.78 is 1.54. The third-order valence-corrected chi connectivity index (χ3v) is 2.11. The van der Waals surface area contributed by atoms with Gasteiger partial charge in [0.25, 0.3) is 0 Å². The van der Waals surface area contributed by atoms with E-state index in [9.17, 15) is 0 Å². The van der Waals surface area contributed by atoms with Crippen LogP contribution in [-0.4, -0.2) is 20.2 Å². The Bertz CT molecular complexity index is 457. The highest BCUT2D eigenvalue weighted by Gasteiger charge is 2.01. The lowest BCUT2D eigenvalue weighted by Crippen LogP contribution is -2.06. The number of rotatable bonds is 3. The van der Waals surface area contributed by atoms with Crippen molar-refractivity contribution in [2.45, 2.75) is 6.54 Å². The van der Waals surface area contributed by atoms with Crippen molar-refractivity contribution in [1.29, 1.82) is 0 Å². The smallest absolute Gasteiger partial charge is 0.240 e. The first kappa shape index (κ1) is 9.39. The molecular weight excluding hydrogens is 190 g/mol. The number of aromatic nitrogens is 4. The molecule has 0 fully saturated rings. The molecule has 0 saturated carbocycles. The van der Waals surface area contributed by atoms with Gasteiger partial charge in [-0.3, -0.25) is 0 Å². The minimum atomic E-state index is 0.322. The van der Waals surface area contributed by atoms with E-state index in [4.69, 9.17) is 5.73 Å². The van der Waals surface area contributed by atoms with E-state index in [0.29, 0.717) is 12.5 Å². The summed E-state index contributed by atoms with van der Waals surface area (Å²) in [5.74, 6) is 0.322. The number of benzene rings is 1. The van der Waals surface area contributed by atoms with Gasteiger partial charge in [0, 0.05) is 0 Å². The molecule has 0 bridgehead atoms. The average Bonchev–Trinajstić information content (AvgIpc) is 2.66. The summed E-state index contributed by atoms with van der Waals surface area (Å²) in [7, 11) is 0. The standard InChI is InChI=1S/C10H11N5/c1-2-8-3-5-9(6-4-8)7-15-10(11)12-13-14-15/h2-6H,1,7H2,(H2,11,12,14). The largest absolute Gasteiger partial charge is 0.367 e. The van der Waals surface area contributed by atoms with E-state index >= 15 is 0 Å². The highest BCUT2D eigenvalue weighted by molar-refractivity contribution is 5.47. The Kier molecular flexibility index (Phi) is 2.45. The molecule has 0 saturated heterocycles. The fourth-order valence-electron chi connectivity index (χ4n) is 1.26. The van der Waals surface area contributed by atoms with Crippen LogP contribution in [0.5, 0.6) is 0 Å². The van der Waals surface area contributed by atoms with Crippen LogP contribution in [0.4, 0.5) is 5.95 Å². The Balaban J connectivity index is 2.18. The number of nitrogens with two attached hydrogens (primary N) is 1. The molecule has 0 aliphatic carbocycles. The van der Waals surface area contributed by atoms with Crippen LogP contribution in [0.3, 0.4) is 0 Å². The molecular formula is C10H11N5. The molecule has 2 N–H and O–H groups in total. The highest BCUT2D eigenvalue weighted by atomic mass is 15.6. The van der Waals surface area contributed by atoms with Crippen molar-refractivity contribution in [1.82, 2.24) is 20.2 Å². The van der Waals surface area contributed by atoms with Crippen molar-refractivity contribution in [2.75, 3.05) is 5.73 Å². The second-order valence-electron chi connectivity index (χ2n) is 3.14. The zero-order valence-electron chi connectivity index (χ0n) is 8.17. The summed E-state index contributed by atoms with van der Waals surface area (Å²) in [6.07, 6.45) is 1.80. The first-order chi connectivity index (χ1) is 7.29. The predicted molar refractivity (Wildman–Crippen MR) is 57.9 cm³/mol. The van der Waals surface area contributed by atoms with Crippen molar-refractivity contribution in [2.24, 2.45) is 0 Å². The lowest BCUT2D eigenvalue weighted by atomic mass is 10.1. The van der Waals surface area contributed by atoms with Crippen LogP contribution in [0.15, 0.2) is 30.8 Å². The number of nitrogens with zero attached hydrogens (tertiary/aromatic N) is 4. The maximum absolute atomic E-state index is 5.56. The van der Waals surface area contributed by atoms with Gasteiger partial charge in [0.05, 0.1) is 6.54 Å². The molecule has 1 aromatic carbocycles. The minimum absolute atomic E-state index is 0.322. The number of nitrogen functional groups attached to an aromatic ring is 1. The predicted octanol–water partition coefficient (Wildman–Crippen LogP) is 0.947. The van der Waals surface area contributed by atoms with Crippen LogP contribution in [0.25, 0.3) is 6.08 Å². The number of anilines is 1. The first-order valence-electron chi connectivity index (χ1n) is 4.52. The Morgan fingerprint density at radius 3 is 2.60 bits per heavy atom. The molecule has 0 spiro atoms. The summed E-state index contributed by atoms with van der Waals surface area (Å²) in [4.78, 5) is 0. The summed E-state index contributed by atoms with van der Waals surface area (Å²) in [6, 6.07) is 7.97. The molecule has 0 amide bonds. The van der Waals surface area contributed by atoms with E-state index in [1.54, 1.807) is 10.8 Å². The van der Waals surface area contributed by atoms with Crippen molar-refractivity contribution in [3.8, 4) is 0 Å². The van der Waals surface area contributed by atoms with E-state index < -0.39 is 0 Å². The molecule has 0 atom stereocenters. The molecule has 0 radical (unpaired) electrons. The van der Waals surface area contributed by atoms with E-state index in [2.05, 4.69) is 22.1 Å². The lowest BCUT2D eigenvalue weighted by molar-refractivity contribution is 0.655. The summed E-state index contributed by atoms with van der Waals surface area (Å²) in [6.45, 7) is 4.27. The van der Waals surface area contributed by atoms with Crippen molar-refractivity contribution in [3.63, 3.8) is 0 Å². The highest BCUT2D eigenvalue weighted by Crippen LogP contribution is 2.07. The number of hydrogen-bond donors (Lipinski definition) is 1. The van der Waals surface area contributed by atoms with Gasteiger partial charge >= 0.3 is 0 Å². The van der Waals surface area contributed by atoms with Gasteiger partial charge in [-0.2, -0.15) is 0 Å². The van der Waals surface area contributed by atoms with E-state index in [1.165, 1.54) is 0 Å². The van der Waals surface area contributed by atoms with Gasteiger partial charge < -0.3 is 5.73 Å². The number of hydrogen-bond acceptors (Lipinski definition) is 4. The topological polar surface area (TPSA) is 69.6 Å². The fraction of sp³-hybridized carbons (Fsp3) is 0.100. The first-order valence-corrected chi connectivity index (χ1v) is 4.52. The van der Waals surface area contributed by atoms with Gasteiger partial charge in [-0.1, -0.05) is 42.0 Å². The zero-order chi connectivity index (χ0) is 10.7. The van der Waals surface area contributed by atoms with E-state index in [0.717, 1.165) is 11.1 Å². The van der Waals surface area contributed by atoms with E-state index in [1.807, 2.05) is 24.3 Å². The maximum Gasteiger partial charge on any atom is 0.240 e. The summed E-state index contributed by atoms with van der Waals surface area (Å²) in [5, 5.41) is 10.8. The summed E-state index contributed by atoms with van der Waals surface area (Å²) in [5.41, 5.74) is 7.74. The van der Waals surface area contributed by atoms with Crippen LogP contribution in [0, 0.1) is 0 Å². The molecule has 0 unspecified atom stereocenters. The second-order valence-corrected chi connectivity index (χ2v) is 3.14. The third kappa shape index (κ3) is 2.01. The van der Waals surface area contributed by atoms with Crippen molar-refractivity contribution < 1.29 is 0 Å². The molecule has 1 aromatic heterocycles. The maximum atomic E-state index is 5.56. The quantitative estimate of drug-likeness (QED) is 0.802. The van der Waals surface area contributed by atoms with Gasteiger partial charge in [-0.25, -0.2) is 4.68 Å². The normalized spacial score (nSPS) is 10.1. The van der Waals surface area contributed by atoms with Crippen LogP contribution in [0.2, 0.25) is 0 Å². The molecule has 2 aromatic rings. The van der Waals surface area contributed by atoms with Gasteiger partial charge in [0.15, 0.2) is 0 Å². The van der Waals surface area contributed by atoms with Crippen LogP contribution < -0.4 is 5.73 Å². The zero-order valence-corrected chi connectivity index (χ0v) is 8.17. The molecule has 2 rings (SSSR count). The lowest BCUT2D eigenvalue weighted by Gasteiger charge is -2.02. The van der Waals surface area contributed by atoms with E-state index in [-0.39, 0.29) is 0 Å². The Morgan fingerprint density at radius 2 is 2.07 bits per heavy atom. The van der Waals surface area contributed by atoms with Gasteiger partial charge in [0.2, 0.25) is 5.95 Å². The Labute approximate surface area is 87.2 Å². The third-order valence-electron chi connectivity index (χ3n) is 2.11. The van der Waals surface area contributed by atoms with Crippen LogP contribution in [0.1, 0.15) is 11.1 Å². The molecule has 5 heteroatoms. The van der Waals surface area contributed by atoms with Gasteiger partial charge in [-0.05, 0) is 21.6 Å². The number of tetrazole rings is 1. The molecule has 0 aliphatic heterocycles. The van der Waals surface area contributed by atoms with Crippen LogP contribution >= 0.6 is 0 Å². The second kappa shape index (κ2) is 3.91. The molecule has 1 heterocycles. The van der Waals surface area contributed by atoms with Crippen LogP contribution in [-0.2, 0) is 6.54 Å². The van der Waals surface area contributed by atoms with Crippen molar-refractivity contribution >= 4 is 12.0 Å². The SMILES string of the molecule is C=Cc1ccc(Cn2nnnc2N)cc1.